The third-order valence-corrected chi connectivity index (χ3v) is 6.96. The van der Waals surface area contributed by atoms with E-state index in [1.165, 1.54) is 36.0 Å². The van der Waals surface area contributed by atoms with Crippen LogP contribution in [0.4, 0.5) is 0 Å². The number of nitrogens with two attached hydrogens (primary N) is 1. The predicted molar refractivity (Wildman–Crippen MR) is 94.9 cm³/mol. The fourth-order valence-electron chi connectivity index (χ4n) is 6.20. The largest absolute Gasteiger partial charge is 0.455 e. The molecule has 4 bridgehead atoms. The van der Waals surface area contributed by atoms with Crippen LogP contribution in [0.2, 0.25) is 0 Å². The van der Waals surface area contributed by atoms with E-state index in [2.05, 4.69) is 32.0 Å². The highest BCUT2D eigenvalue weighted by atomic mass is 16.5. The summed E-state index contributed by atoms with van der Waals surface area (Å²) in [6.07, 6.45) is 6.26. The first-order valence-corrected chi connectivity index (χ1v) is 9.35. The van der Waals surface area contributed by atoms with Crippen molar-refractivity contribution in [2.75, 3.05) is 6.61 Å². The molecule has 0 unspecified atom stereocenters. The van der Waals surface area contributed by atoms with Crippen LogP contribution in [0.25, 0.3) is 0 Å². The SMILES string of the molecule is Cc1ccc(C23C[C@@H]4C[C@H](CC(C(=O)OCC(N)=O)(C4)C2)C3)cc1C. The Balaban J connectivity index is 1.68. The molecule has 0 aromatic heterocycles. The second-order valence-corrected chi connectivity index (χ2v) is 8.86. The minimum Gasteiger partial charge on any atom is -0.455 e. The summed E-state index contributed by atoms with van der Waals surface area (Å²) in [7, 11) is 0. The maximum atomic E-state index is 12.9. The van der Waals surface area contributed by atoms with Crippen LogP contribution >= 0.6 is 0 Å². The van der Waals surface area contributed by atoms with Crippen molar-refractivity contribution in [3.8, 4) is 0 Å². The standard InChI is InChI=1S/C21H27NO3/c1-13-3-4-17(5-14(13)2)20-7-15-6-16(8-20)10-21(9-15,12-20)19(24)25-11-18(22)23/h3-5,15-16H,6-12H2,1-2H3,(H2,22,23)/t15-,16-,20?,21?/m0/s1. The van der Waals surface area contributed by atoms with Gasteiger partial charge >= 0.3 is 5.97 Å². The van der Waals surface area contributed by atoms with E-state index in [4.69, 9.17) is 10.5 Å². The fourth-order valence-corrected chi connectivity index (χ4v) is 6.20. The molecule has 4 aliphatic rings. The number of carbonyl (C=O) groups excluding carboxylic acids is 2. The molecule has 0 aliphatic heterocycles. The van der Waals surface area contributed by atoms with Gasteiger partial charge in [-0.05, 0) is 86.3 Å². The van der Waals surface area contributed by atoms with Gasteiger partial charge in [0.25, 0.3) is 5.91 Å². The summed E-state index contributed by atoms with van der Waals surface area (Å²) >= 11 is 0. The van der Waals surface area contributed by atoms with Gasteiger partial charge in [-0.15, -0.1) is 0 Å². The highest BCUT2D eigenvalue weighted by Crippen LogP contribution is 2.66. The number of rotatable bonds is 4. The van der Waals surface area contributed by atoms with Gasteiger partial charge in [-0.1, -0.05) is 18.2 Å². The summed E-state index contributed by atoms with van der Waals surface area (Å²) in [5.74, 6) is 0.392. The normalized spacial score (nSPS) is 35.6. The van der Waals surface area contributed by atoms with Gasteiger partial charge in [0.15, 0.2) is 6.61 Å². The molecular formula is C21H27NO3. The molecule has 1 amide bonds. The van der Waals surface area contributed by atoms with Gasteiger partial charge < -0.3 is 10.5 Å². The Hall–Kier alpha value is -1.84. The van der Waals surface area contributed by atoms with Crippen LogP contribution in [0.15, 0.2) is 18.2 Å². The van der Waals surface area contributed by atoms with Crippen LogP contribution in [0, 0.1) is 31.1 Å². The maximum Gasteiger partial charge on any atom is 0.312 e. The molecule has 2 atom stereocenters. The molecule has 5 rings (SSSR count). The van der Waals surface area contributed by atoms with Gasteiger partial charge in [-0.3, -0.25) is 9.59 Å². The smallest absolute Gasteiger partial charge is 0.312 e. The summed E-state index contributed by atoms with van der Waals surface area (Å²) in [5.41, 5.74) is 8.85. The summed E-state index contributed by atoms with van der Waals surface area (Å²) in [6, 6.07) is 6.80. The van der Waals surface area contributed by atoms with Crippen molar-refractivity contribution in [1.82, 2.24) is 0 Å². The van der Waals surface area contributed by atoms with E-state index in [0.29, 0.717) is 11.8 Å². The van der Waals surface area contributed by atoms with E-state index < -0.39 is 11.3 Å². The van der Waals surface area contributed by atoms with Crippen LogP contribution in [0.3, 0.4) is 0 Å². The average Bonchev–Trinajstić information content (AvgIpc) is 2.53. The highest BCUT2D eigenvalue weighted by molar-refractivity contribution is 5.82. The lowest BCUT2D eigenvalue weighted by Crippen LogP contribution is -2.57. The fraction of sp³-hybridized carbons (Fsp3) is 0.619. The van der Waals surface area contributed by atoms with Crippen molar-refractivity contribution in [3.63, 3.8) is 0 Å². The van der Waals surface area contributed by atoms with Gasteiger partial charge in [0.05, 0.1) is 5.41 Å². The molecule has 0 radical (unpaired) electrons. The molecule has 4 heteroatoms. The Morgan fingerprint density at radius 2 is 1.80 bits per heavy atom. The highest BCUT2D eigenvalue weighted by Gasteiger charge is 2.61. The first kappa shape index (κ1) is 16.6. The monoisotopic (exact) mass is 341 g/mol. The van der Waals surface area contributed by atoms with E-state index in [9.17, 15) is 9.59 Å². The van der Waals surface area contributed by atoms with E-state index in [-0.39, 0.29) is 18.0 Å². The van der Waals surface area contributed by atoms with Gasteiger partial charge in [-0.25, -0.2) is 0 Å². The van der Waals surface area contributed by atoms with E-state index in [1.807, 2.05) is 0 Å². The van der Waals surface area contributed by atoms with Crippen LogP contribution in [-0.4, -0.2) is 18.5 Å². The minimum atomic E-state index is -0.582. The van der Waals surface area contributed by atoms with Crippen LogP contribution in [-0.2, 0) is 19.7 Å². The number of carbonyl (C=O) groups is 2. The zero-order valence-electron chi connectivity index (χ0n) is 15.1. The zero-order valence-corrected chi connectivity index (χ0v) is 15.1. The molecule has 4 aliphatic carbocycles. The van der Waals surface area contributed by atoms with Gasteiger partial charge in [-0.2, -0.15) is 0 Å². The third-order valence-electron chi connectivity index (χ3n) is 6.96. The number of benzene rings is 1. The van der Waals surface area contributed by atoms with Crippen molar-refractivity contribution >= 4 is 11.9 Å². The predicted octanol–water partition coefficient (Wildman–Crippen LogP) is 3.17. The Morgan fingerprint density at radius 1 is 1.12 bits per heavy atom. The van der Waals surface area contributed by atoms with Crippen LogP contribution in [0.5, 0.6) is 0 Å². The lowest BCUT2D eigenvalue weighted by Gasteiger charge is -2.61. The lowest BCUT2D eigenvalue weighted by atomic mass is 9.43. The van der Waals surface area contributed by atoms with E-state index >= 15 is 0 Å². The number of aryl methyl sites for hydroxylation is 2. The number of hydrogen-bond acceptors (Lipinski definition) is 3. The Kier molecular flexibility index (Phi) is 3.71. The number of ether oxygens (including phenoxy) is 1. The van der Waals surface area contributed by atoms with Gasteiger partial charge in [0, 0.05) is 0 Å². The summed E-state index contributed by atoms with van der Waals surface area (Å²) in [4.78, 5) is 23.9. The van der Waals surface area contributed by atoms with Crippen molar-refractivity contribution in [2.24, 2.45) is 23.0 Å². The molecule has 0 spiro atoms. The second-order valence-electron chi connectivity index (χ2n) is 8.86. The van der Waals surface area contributed by atoms with Crippen molar-refractivity contribution in [2.45, 2.75) is 57.8 Å². The Labute approximate surface area is 149 Å². The molecule has 25 heavy (non-hydrogen) atoms. The minimum absolute atomic E-state index is 0.0916. The molecular weight excluding hydrogens is 314 g/mol. The molecule has 0 saturated heterocycles. The van der Waals surface area contributed by atoms with Gasteiger partial charge in [0.1, 0.15) is 0 Å². The maximum absolute atomic E-state index is 12.9. The second kappa shape index (κ2) is 5.58. The molecule has 1 aromatic carbocycles. The number of hydrogen-bond donors (Lipinski definition) is 1. The number of primary amides is 1. The van der Waals surface area contributed by atoms with Gasteiger partial charge in [0.2, 0.25) is 0 Å². The first-order chi connectivity index (χ1) is 11.8. The Bertz CT molecular complexity index is 725. The topological polar surface area (TPSA) is 69.4 Å². The molecule has 0 heterocycles. The lowest BCUT2D eigenvalue weighted by molar-refractivity contribution is -0.175. The zero-order chi connectivity index (χ0) is 17.8. The quantitative estimate of drug-likeness (QED) is 0.855. The van der Waals surface area contributed by atoms with E-state index in [1.54, 1.807) is 0 Å². The summed E-state index contributed by atoms with van der Waals surface area (Å²) in [6.45, 7) is 4.00. The first-order valence-electron chi connectivity index (χ1n) is 9.35. The molecule has 4 nitrogen and oxygen atoms in total. The molecule has 134 valence electrons. The number of esters is 1. The molecule has 1 aromatic rings. The summed E-state index contributed by atoms with van der Waals surface area (Å²) < 4.78 is 5.30. The van der Waals surface area contributed by atoms with Crippen molar-refractivity contribution in [1.29, 1.82) is 0 Å². The number of amides is 1. The van der Waals surface area contributed by atoms with Crippen LogP contribution < -0.4 is 5.73 Å². The third kappa shape index (κ3) is 2.66. The average molecular weight is 341 g/mol. The molecule has 4 fully saturated rings. The Morgan fingerprint density at radius 3 is 2.40 bits per heavy atom. The molecule has 4 saturated carbocycles. The van der Waals surface area contributed by atoms with Crippen molar-refractivity contribution < 1.29 is 14.3 Å². The van der Waals surface area contributed by atoms with Crippen LogP contribution in [0.1, 0.15) is 55.2 Å². The molecule has 2 N–H and O–H groups in total. The summed E-state index contributed by atoms with van der Waals surface area (Å²) in [5, 5.41) is 0. The van der Waals surface area contributed by atoms with E-state index in [0.717, 1.165) is 19.3 Å². The van der Waals surface area contributed by atoms with Crippen molar-refractivity contribution in [3.05, 3.63) is 34.9 Å².